The average Bonchev–Trinajstić information content (AvgIpc) is 3.38. The molecule has 1 saturated carbocycles. The number of hydrogen-bond acceptors (Lipinski definition) is 4. The van der Waals surface area contributed by atoms with Crippen molar-refractivity contribution in [3.05, 3.63) is 59.7 Å². The Labute approximate surface area is 134 Å². The van der Waals surface area contributed by atoms with Crippen LogP contribution in [0.1, 0.15) is 23.5 Å². The molecule has 2 atom stereocenters. The molecule has 0 saturated heterocycles. The number of methoxy groups -OCH3 is 1. The van der Waals surface area contributed by atoms with Crippen LogP contribution in [0.2, 0.25) is 0 Å². The Bertz CT molecular complexity index is 728. The van der Waals surface area contributed by atoms with Gasteiger partial charge in [0.1, 0.15) is 0 Å². The third kappa shape index (κ3) is 3.34. The van der Waals surface area contributed by atoms with Crippen molar-refractivity contribution in [2.45, 2.75) is 12.3 Å². The van der Waals surface area contributed by atoms with Gasteiger partial charge in [-0.05, 0) is 30.0 Å². The SMILES string of the molecule is COc1cccc(/C=N/NC(=O)[C@@H]2C[C@H]2c2ccccc2)c1O. The van der Waals surface area contributed by atoms with Crippen LogP contribution in [0.4, 0.5) is 0 Å². The molecule has 5 heteroatoms. The van der Waals surface area contributed by atoms with Crippen LogP contribution in [0.5, 0.6) is 11.5 Å². The molecular formula is C18H18N2O3. The Kier molecular flexibility index (Phi) is 4.28. The highest BCUT2D eigenvalue weighted by Gasteiger charge is 2.43. The van der Waals surface area contributed by atoms with E-state index in [0.29, 0.717) is 11.3 Å². The van der Waals surface area contributed by atoms with Crippen LogP contribution < -0.4 is 10.2 Å². The van der Waals surface area contributed by atoms with Gasteiger partial charge in [-0.3, -0.25) is 4.79 Å². The number of aromatic hydroxyl groups is 1. The summed E-state index contributed by atoms with van der Waals surface area (Å²) in [6, 6.07) is 15.1. The highest BCUT2D eigenvalue weighted by atomic mass is 16.5. The monoisotopic (exact) mass is 310 g/mol. The molecule has 23 heavy (non-hydrogen) atoms. The number of ether oxygens (including phenoxy) is 1. The number of para-hydroxylation sites is 1. The lowest BCUT2D eigenvalue weighted by Gasteiger charge is -2.05. The molecule has 2 aromatic carbocycles. The molecule has 0 unspecified atom stereocenters. The molecule has 2 aromatic rings. The lowest BCUT2D eigenvalue weighted by molar-refractivity contribution is -0.122. The first-order chi connectivity index (χ1) is 11.2. The highest BCUT2D eigenvalue weighted by molar-refractivity contribution is 5.87. The predicted molar refractivity (Wildman–Crippen MR) is 87.7 cm³/mol. The minimum absolute atomic E-state index is 0.00147. The van der Waals surface area contributed by atoms with Gasteiger partial charge in [0, 0.05) is 11.5 Å². The van der Waals surface area contributed by atoms with Gasteiger partial charge in [-0.25, -0.2) is 5.43 Å². The molecule has 3 rings (SSSR count). The Morgan fingerprint density at radius 3 is 2.78 bits per heavy atom. The number of carbonyl (C=O) groups is 1. The van der Waals surface area contributed by atoms with Crippen LogP contribution in [0.3, 0.4) is 0 Å². The van der Waals surface area contributed by atoms with Crippen LogP contribution in [-0.2, 0) is 4.79 Å². The maximum absolute atomic E-state index is 12.1. The second-order valence-corrected chi connectivity index (χ2v) is 5.49. The Balaban J connectivity index is 1.58. The van der Waals surface area contributed by atoms with Crippen LogP contribution in [0.15, 0.2) is 53.6 Å². The molecule has 1 aliphatic carbocycles. The summed E-state index contributed by atoms with van der Waals surface area (Å²) in [5, 5.41) is 13.9. The fraction of sp³-hybridized carbons (Fsp3) is 0.222. The average molecular weight is 310 g/mol. The zero-order valence-electron chi connectivity index (χ0n) is 12.8. The first-order valence-electron chi connectivity index (χ1n) is 7.44. The number of phenols is 1. The van der Waals surface area contributed by atoms with Crippen molar-refractivity contribution in [3.8, 4) is 11.5 Å². The Hall–Kier alpha value is -2.82. The standard InChI is InChI=1S/C18H18N2O3/c1-23-16-9-5-8-13(17(16)21)11-19-20-18(22)15-10-14(15)12-6-3-2-4-7-12/h2-9,11,14-15,21H,10H2,1H3,(H,20,22)/b19-11+/t14-,15+/m0/s1. The van der Waals surface area contributed by atoms with E-state index in [1.54, 1.807) is 18.2 Å². The number of hydrogen-bond donors (Lipinski definition) is 2. The summed E-state index contributed by atoms with van der Waals surface area (Å²) in [7, 11) is 1.48. The van der Waals surface area contributed by atoms with Gasteiger partial charge in [0.15, 0.2) is 11.5 Å². The molecule has 0 radical (unpaired) electrons. The third-order valence-electron chi connectivity index (χ3n) is 3.98. The summed E-state index contributed by atoms with van der Waals surface area (Å²) in [4.78, 5) is 12.1. The fourth-order valence-electron chi connectivity index (χ4n) is 2.61. The molecule has 0 spiro atoms. The van der Waals surface area contributed by atoms with Crippen molar-refractivity contribution < 1.29 is 14.6 Å². The van der Waals surface area contributed by atoms with Crippen molar-refractivity contribution >= 4 is 12.1 Å². The van der Waals surface area contributed by atoms with E-state index >= 15 is 0 Å². The minimum Gasteiger partial charge on any atom is -0.504 e. The predicted octanol–water partition coefficient (Wildman–Crippen LogP) is 2.65. The van der Waals surface area contributed by atoms with Gasteiger partial charge >= 0.3 is 0 Å². The Morgan fingerprint density at radius 2 is 2.04 bits per heavy atom. The first-order valence-corrected chi connectivity index (χ1v) is 7.44. The van der Waals surface area contributed by atoms with Gasteiger partial charge in [-0.2, -0.15) is 5.10 Å². The number of hydrazone groups is 1. The molecule has 1 fully saturated rings. The largest absolute Gasteiger partial charge is 0.504 e. The van der Waals surface area contributed by atoms with E-state index in [9.17, 15) is 9.90 Å². The number of amides is 1. The molecule has 0 aliphatic heterocycles. The van der Waals surface area contributed by atoms with Crippen molar-refractivity contribution in [2.75, 3.05) is 7.11 Å². The van der Waals surface area contributed by atoms with E-state index in [-0.39, 0.29) is 23.5 Å². The molecule has 1 aliphatic rings. The van der Waals surface area contributed by atoms with E-state index < -0.39 is 0 Å². The van der Waals surface area contributed by atoms with Gasteiger partial charge in [-0.1, -0.05) is 36.4 Å². The highest BCUT2D eigenvalue weighted by Crippen LogP contribution is 2.47. The summed E-state index contributed by atoms with van der Waals surface area (Å²) >= 11 is 0. The molecule has 1 amide bonds. The summed E-state index contributed by atoms with van der Waals surface area (Å²) in [6.07, 6.45) is 2.26. The minimum atomic E-state index is -0.0995. The van der Waals surface area contributed by atoms with E-state index in [1.807, 2.05) is 30.3 Å². The molecule has 0 aromatic heterocycles. The smallest absolute Gasteiger partial charge is 0.243 e. The molecule has 5 nitrogen and oxygen atoms in total. The second-order valence-electron chi connectivity index (χ2n) is 5.49. The molecule has 2 N–H and O–H groups in total. The van der Waals surface area contributed by atoms with Gasteiger partial charge in [0.2, 0.25) is 5.91 Å². The molecular weight excluding hydrogens is 292 g/mol. The molecule has 0 bridgehead atoms. The van der Waals surface area contributed by atoms with Gasteiger partial charge < -0.3 is 9.84 Å². The summed E-state index contributed by atoms with van der Waals surface area (Å²) in [6.45, 7) is 0. The van der Waals surface area contributed by atoms with Crippen molar-refractivity contribution in [2.24, 2.45) is 11.0 Å². The van der Waals surface area contributed by atoms with Gasteiger partial charge in [-0.15, -0.1) is 0 Å². The zero-order valence-corrected chi connectivity index (χ0v) is 12.8. The number of benzene rings is 2. The third-order valence-corrected chi connectivity index (χ3v) is 3.98. The van der Waals surface area contributed by atoms with Crippen LogP contribution in [0, 0.1) is 5.92 Å². The molecule has 118 valence electrons. The lowest BCUT2D eigenvalue weighted by Crippen LogP contribution is -2.20. The first kappa shape index (κ1) is 15.1. The number of nitrogens with one attached hydrogen (secondary N) is 1. The van der Waals surface area contributed by atoms with E-state index in [0.717, 1.165) is 6.42 Å². The van der Waals surface area contributed by atoms with Crippen molar-refractivity contribution in [3.63, 3.8) is 0 Å². The normalized spacial score (nSPS) is 19.5. The maximum atomic E-state index is 12.1. The van der Waals surface area contributed by atoms with Crippen molar-refractivity contribution in [1.82, 2.24) is 5.43 Å². The second kappa shape index (κ2) is 6.52. The molecule has 0 heterocycles. The number of phenolic OH excluding ortho intramolecular Hbond substituents is 1. The van der Waals surface area contributed by atoms with E-state index in [2.05, 4.69) is 10.5 Å². The topological polar surface area (TPSA) is 70.9 Å². The quantitative estimate of drug-likeness (QED) is 0.659. The van der Waals surface area contributed by atoms with E-state index in [1.165, 1.54) is 18.9 Å². The van der Waals surface area contributed by atoms with Crippen LogP contribution in [-0.4, -0.2) is 24.3 Å². The number of carbonyl (C=O) groups excluding carboxylic acids is 1. The zero-order chi connectivity index (χ0) is 16.2. The number of nitrogens with zero attached hydrogens (tertiary/aromatic N) is 1. The van der Waals surface area contributed by atoms with Crippen LogP contribution >= 0.6 is 0 Å². The summed E-state index contributed by atoms with van der Waals surface area (Å²) < 4.78 is 5.03. The summed E-state index contributed by atoms with van der Waals surface area (Å²) in [5.41, 5.74) is 4.20. The lowest BCUT2D eigenvalue weighted by atomic mass is 10.1. The van der Waals surface area contributed by atoms with Crippen molar-refractivity contribution in [1.29, 1.82) is 0 Å². The van der Waals surface area contributed by atoms with Gasteiger partial charge in [0.25, 0.3) is 0 Å². The van der Waals surface area contributed by atoms with E-state index in [4.69, 9.17) is 4.74 Å². The fourth-order valence-corrected chi connectivity index (χ4v) is 2.61. The Morgan fingerprint density at radius 1 is 1.26 bits per heavy atom. The van der Waals surface area contributed by atoms with Gasteiger partial charge in [0.05, 0.1) is 13.3 Å². The number of rotatable bonds is 5. The summed E-state index contributed by atoms with van der Waals surface area (Å²) in [5.74, 6) is 0.510. The van der Waals surface area contributed by atoms with Crippen LogP contribution in [0.25, 0.3) is 0 Å². The maximum Gasteiger partial charge on any atom is 0.243 e.